The van der Waals surface area contributed by atoms with Crippen LogP contribution < -0.4 is 5.32 Å². The summed E-state index contributed by atoms with van der Waals surface area (Å²) in [5.74, 6) is -1.09. The number of nitrogens with one attached hydrogen (secondary N) is 1. The molecule has 12 heteroatoms. The maximum atomic E-state index is 13.7. The fourth-order valence-electron chi connectivity index (χ4n) is 4.89. The van der Waals surface area contributed by atoms with E-state index in [0.717, 1.165) is 33.5 Å². The predicted octanol–water partition coefficient (Wildman–Crippen LogP) is 6.32. The molecule has 0 spiro atoms. The SMILES string of the molecule is Cc1cccc(-n2c(CNC(=O)c3cccc(F)c3)nnc2SCC(=O)N2N=C(c3cccs3)C[C@H]2c2ccc(F)cc2)c1. The van der Waals surface area contributed by atoms with E-state index in [1.807, 2.05) is 48.7 Å². The summed E-state index contributed by atoms with van der Waals surface area (Å²) in [6.45, 7) is 1.99. The molecule has 0 aliphatic carbocycles. The number of benzene rings is 3. The molecule has 1 aliphatic heterocycles. The van der Waals surface area contributed by atoms with Crippen molar-refractivity contribution in [2.75, 3.05) is 5.75 Å². The van der Waals surface area contributed by atoms with Crippen LogP contribution in [0.15, 0.2) is 101 Å². The first kappa shape index (κ1) is 29.4. The second-order valence-electron chi connectivity index (χ2n) is 10.1. The first-order valence-corrected chi connectivity index (χ1v) is 15.6. The molecule has 2 aromatic heterocycles. The Labute approximate surface area is 260 Å². The molecule has 3 aromatic carbocycles. The van der Waals surface area contributed by atoms with Crippen LogP contribution in [0.5, 0.6) is 0 Å². The molecule has 5 aromatic rings. The van der Waals surface area contributed by atoms with Gasteiger partial charge in [-0.2, -0.15) is 5.10 Å². The third-order valence-corrected chi connectivity index (χ3v) is 8.84. The normalized spacial score (nSPS) is 14.5. The summed E-state index contributed by atoms with van der Waals surface area (Å²) < 4.78 is 29.1. The number of aryl methyl sites for hydroxylation is 1. The third kappa shape index (κ3) is 6.46. The van der Waals surface area contributed by atoms with E-state index in [0.29, 0.717) is 17.4 Å². The van der Waals surface area contributed by atoms with Crippen LogP contribution in [0.25, 0.3) is 5.69 Å². The average molecular weight is 629 g/mol. The van der Waals surface area contributed by atoms with Crippen molar-refractivity contribution in [1.29, 1.82) is 0 Å². The Kier molecular flexibility index (Phi) is 8.62. The number of thiophene rings is 1. The smallest absolute Gasteiger partial charge is 0.253 e. The third-order valence-electron chi connectivity index (χ3n) is 7.01. The van der Waals surface area contributed by atoms with Gasteiger partial charge in [0.05, 0.1) is 28.9 Å². The van der Waals surface area contributed by atoms with Gasteiger partial charge in [0.2, 0.25) is 0 Å². The van der Waals surface area contributed by atoms with Crippen molar-refractivity contribution in [2.24, 2.45) is 5.10 Å². The van der Waals surface area contributed by atoms with Crippen molar-refractivity contribution >= 4 is 40.6 Å². The molecule has 0 bridgehead atoms. The Morgan fingerprint density at radius 1 is 0.977 bits per heavy atom. The van der Waals surface area contributed by atoms with Crippen LogP contribution in [0.3, 0.4) is 0 Å². The number of nitrogens with zero attached hydrogens (tertiary/aromatic N) is 5. The van der Waals surface area contributed by atoms with Gasteiger partial charge in [-0.3, -0.25) is 14.2 Å². The second-order valence-corrected chi connectivity index (χ2v) is 12.0. The lowest BCUT2D eigenvalue weighted by Gasteiger charge is -2.22. The van der Waals surface area contributed by atoms with Crippen molar-refractivity contribution in [3.63, 3.8) is 0 Å². The van der Waals surface area contributed by atoms with Gasteiger partial charge in [0.15, 0.2) is 11.0 Å². The molecule has 1 aliphatic rings. The highest BCUT2D eigenvalue weighted by Gasteiger charge is 2.33. The number of hydrazone groups is 1. The summed E-state index contributed by atoms with van der Waals surface area (Å²) >= 11 is 2.75. The minimum absolute atomic E-state index is 0.0124. The van der Waals surface area contributed by atoms with Gasteiger partial charge in [0.25, 0.3) is 11.8 Å². The van der Waals surface area contributed by atoms with E-state index in [1.54, 1.807) is 28.0 Å². The number of amides is 2. The Balaban J connectivity index is 1.24. The molecule has 8 nitrogen and oxygen atoms in total. The van der Waals surface area contributed by atoms with Gasteiger partial charge in [-0.1, -0.05) is 48.2 Å². The van der Waals surface area contributed by atoms with Gasteiger partial charge < -0.3 is 5.32 Å². The van der Waals surface area contributed by atoms with E-state index in [1.165, 1.54) is 47.1 Å². The number of halogens is 2. The van der Waals surface area contributed by atoms with Crippen molar-refractivity contribution in [3.8, 4) is 5.69 Å². The molecule has 6 rings (SSSR count). The van der Waals surface area contributed by atoms with Gasteiger partial charge in [-0.05, 0) is 72.0 Å². The number of carbonyl (C=O) groups excluding carboxylic acids is 2. The quantitative estimate of drug-likeness (QED) is 0.193. The average Bonchev–Trinajstić information content (AvgIpc) is 3.79. The topological polar surface area (TPSA) is 92.5 Å². The maximum absolute atomic E-state index is 13.7. The minimum Gasteiger partial charge on any atom is -0.345 e. The van der Waals surface area contributed by atoms with E-state index in [2.05, 4.69) is 15.5 Å². The zero-order valence-corrected chi connectivity index (χ0v) is 25.1. The summed E-state index contributed by atoms with van der Waals surface area (Å²) in [5, 5.41) is 20.0. The fourth-order valence-corrected chi connectivity index (χ4v) is 6.44. The standard InChI is InChI=1S/C32H26F2N6O2S2/c1-20-5-2-8-25(15-20)39-29(18-35-31(42)22-6-3-7-24(34)16-22)36-37-32(39)44-19-30(41)40-27(21-10-12-23(33)13-11-21)17-26(38-40)28-9-4-14-43-28/h2-16,27H,17-19H2,1H3,(H,35,42)/t27-/m0/s1. The highest BCUT2D eigenvalue weighted by Crippen LogP contribution is 2.35. The molecule has 1 N–H and O–H groups in total. The van der Waals surface area contributed by atoms with Crippen LogP contribution >= 0.6 is 23.1 Å². The monoisotopic (exact) mass is 628 g/mol. The van der Waals surface area contributed by atoms with Crippen molar-refractivity contribution in [3.05, 3.63) is 129 Å². The van der Waals surface area contributed by atoms with Gasteiger partial charge in [0.1, 0.15) is 11.6 Å². The zero-order valence-electron chi connectivity index (χ0n) is 23.5. The Morgan fingerprint density at radius 3 is 2.55 bits per heavy atom. The molecular weight excluding hydrogens is 603 g/mol. The number of aromatic nitrogens is 3. The molecule has 2 amide bonds. The Hall–Kier alpha value is -4.68. The van der Waals surface area contributed by atoms with Gasteiger partial charge in [0, 0.05) is 17.7 Å². The number of thioether (sulfide) groups is 1. The van der Waals surface area contributed by atoms with E-state index in [-0.39, 0.29) is 35.6 Å². The molecule has 0 fully saturated rings. The zero-order chi connectivity index (χ0) is 30.6. The van der Waals surface area contributed by atoms with Crippen molar-refractivity contribution < 1.29 is 18.4 Å². The van der Waals surface area contributed by atoms with Crippen LogP contribution in [0.4, 0.5) is 8.78 Å². The summed E-state index contributed by atoms with van der Waals surface area (Å²) in [7, 11) is 0. The number of carbonyl (C=O) groups is 2. The van der Waals surface area contributed by atoms with E-state index < -0.39 is 11.7 Å². The second kappa shape index (κ2) is 12.9. The maximum Gasteiger partial charge on any atom is 0.253 e. The molecule has 222 valence electrons. The van der Waals surface area contributed by atoms with Gasteiger partial charge in [-0.25, -0.2) is 13.8 Å². The van der Waals surface area contributed by atoms with Crippen LogP contribution in [0.1, 0.15) is 44.6 Å². The number of rotatable bonds is 9. The van der Waals surface area contributed by atoms with Gasteiger partial charge >= 0.3 is 0 Å². The molecule has 3 heterocycles. The van der Waals surface area contributed by atoms with Crippen LogP contribution in [-0.4, -0.2) is 43.1 Å². The summed E-state index contributed by atoms with van der Waals surface area (Å²) in [6.07, 6.45) is 0.511. The fraction of sp³-hybridized carbons (Fsp3) is 0.156. The van der Waals surface area contributed by atoms with E-state index in [4.69, 9.17) is 5.10 Å². The van der Waals surface area contributed by atoms with E-state index >= 15 is 0 Å². The number of hydrogen-bond acceptors (Lipinski definition) is 7. The Bertz CT molecular complexity index is 1840. The van der Waals surface area contributed by atoms with Crippen LogP contribution in [0.2, 0.25) is 0 Å². The first-order valence-electron chi connectivity index (χ1n) is 13.7. The molecule has 0 unspecified atom stereocenters. The summed E-state index contributed by atoms with van der Waals surface area (Å²) in [5.41, 5.74) is 3.55. The minimum atomic E-state index is -0.504. The molecular formula is C32H26F2N6O2S2. The van der Waals surface area contributed by atoms with Crippen molar-refractivity contribution in [1.82, 2.24) is 25.1 Å². The number of hydrogen-bond donors (Lipinski definition) is 1. The Morgan fingerprint density at radius 2 is 1.80 bits per heavy atom. The first-order chi connectivity index (χ1) is 21.4. The predicted molar refractivity (Wildman–Crippen MR) is 166 cm³/mol. The van der Waals surface area contributed by atoms with E-state index in [9.17, 15) is 18.4 Å². The highest BCUT2D eigenvalue weighted by atomic mass is 32.2. The van der Waals surface area contributed by atoms with Crippen molar-refractivity contribution in [2.45, 2.75) is 31.1 Å². The molecule has 0 saturated heterocycles. The van der Waals surface area contributed by atoms with Crippen LogP contribution in [0, 0.1) is 18.6 Å². The largest absolute Gasteiger partial charge is 0.345 e. The van der Waals surface area contributed by atoms with Crippen LogP contribution in [-0.2, 0) is 11.3 Å². The lowest BCUT2D eigenvalue weighted by molar-refractivity contribution is -0.130. The molecule has 1 atom stereocenters. The summed E-state index contributed by atoms with van der Waals surface area (Å²) in [6, 6.07) is 22.8. The lowest BCUT2D eigenvalue weighted by Crippen LogP contribution is -2.28. The highest BCUT2D eigenvalue weighted by molar-refractivity contribution is 7.99. The lowest BCUT2D eigenvalue weighted by atomic mass is 10.0. The van der Waals surface area contributed by atoms with Gasteiger partial charge in [-0.15, -0.1) is 21.5 Å². The molecule has 44 heavy (non-hydrogen) atoms. The molecule has 0 saturated carbocycles. The molecule has 0 radical (unpaired) electrons. The summed E-state index contributed by atoms with van der Waals surface area (Å²) in [4.78, 5) is 27.3.